The zero-order valence-corrected chi connectivity index (χ0v) is 15.8. The van der Waals surface area contributed by atoms with E-state index in [0.29, 0.717) is 23.3 Å². The number of carbonyl (C=O) groups is 1. The molecule has 0 aliphatic heterocycles. The lowest BCUT2D eigenvalue weighted by Gasteiger charge is -2.13. The lowest BCUT2D eigenvalue weighted by atomic mass is 10.2. The van der Waals surface area contributed by atoms with E-state index in [9.17, 15) is 18.0 Å². The number of thioether (sulfide) groups is 1. The van der Waals surface area contributed by atoms with Crippen LogP contribution in [0.5, 0.6) is 0 Å². The van der Waals surface area contributed by atoms with Gasteiger partial charge < -0.3 is 9.73 Å². The number of halogens is 3. The van der Waals surface area contributed by atoms with Crippen LogP contribution in [0.1, 0.15) is 19.4 Å². The van der Waals surface area contributed by atoms with Crippen LogP contribution in [0, 0.1) is 0 Å². The van der Waals surface area contributed by atoms with Crippen LogP contribution in [0.2, 0.25) is 0 Å². The number of benzene rings is 1. The molecule has 1 aromatic carbocycles. The molecule has 1 N–H and O–H groups in total. The van der Waals surface area contributed by atoms with Gasteiger partial charge in [-0.1, -0.05) is 17.8 Å². The van der Waals surface area contributed by atoms with E-state index in [1.807, 2.05) is 6.92 Å². The van der Waals surface area contributed by atoms with Crippen LogP contribution in [-0.2, 0) is 17.5 Å². The topological polar surface area (TPSA) is 73.0 Å². The van der Waals surface area contributed by atoms with E-state index in [4.69, 9.17) is 4.42 Å². The van der Waals surface area contributed by atoms with Crippen LogP contribution in [0.25, 0.3) is 11.6 Å². The summed E-state index contributed by atoms with van der Waals surface area (Å²) in [7, 11) is 0. The van der Waals surface area contributed by atoms with Gasteiger partial charge in [-0.3, -0.25) is 9.36 Å². The molecule has 0 bridgehead atoms. The molecule has 2 heterocycles. The molecule has 148 valence electrons. The number of amides is 1. The number of furan rings is 1. The van der Waals surface area contributed by atoms with Crippen molar-refractivity contribution >= 4 is 23.4 Å². The monoisotopic (exact) mass is 410 g/mol. The maximum Gasteiger partial charge on any atom is 0.416 e. The molecule has 28 heavy (non-hydrogen) atoms. The van der Waals surface area contributed by atoms with Crippen molar-refractivity contribution in [2.45, 2.75) is 37.0 Å². The minimum atomic E-state index is -4.47. The van der Waals surface area contributed by atoms with Gasteiger partial charge in [-0.25, -0.2) is 0 Å². The molecule has 0 aliphatic carbocycles. The van der Waals surface area contributed by atoms with Gasteiger partial charge in [0.05, 0.1) is 17.1 Å². The third-order valence-electron chi connectivity index (χ3n) is 3.88. The number of hydrogen-bond donors (Lipinski definition) is 1. The number of alkyl halides is 3. The van der Waals surface area contributed by atoms with Crippen LogP contribution in [0.3, 0.4) is 0 Å². The molecular weight excluding hydrogens is 393 g/mol. The van der Waals surface area contributed by atoms with Gasteiger partial charge in [0.1, 0.15) is 0 Å². The Morgan fingerprint density at radius 2 is 2.07 bits per heavy atom. The number of aromatic nitrogens is 3. The largest absolute Gasteiger partial charge is 0.461 e. The van der Waals surface area contributed by atoms with Gasteiger partial charge in [-0.2, -0.15) is 13.2 Å². The first-order chi connectivity index (χ1) is 13.3. The average molecular weight is 410 g/mol. The third kappa shape index (κ3) is 4.38. The number of nitrogens with one attached hydrogen (secondary N) is 1. The van der Waals surface area contributed by atoms with E-state index < -0.39 is 22.9 Å². The summed E-state index contributed by atoms with van der Waals surface area (Å²) in [5, 5.41) is 10.6. The highest BCUT2D eigenvalue weighted by molar-refractivity contribution is 8.00. The van der Waals surface area contributed by atoms with E-state index in [2.05, 4.69) is 15.5 Å². The van der Waals surface area contributed by atoms with Gasteiger partial charge >= 0.3 is 6.18 Å². The molecule has 3 rings (SSSR count). The Hall–Kier alpha value is -2.75. The number of nitrogens with zero attached hydrogens (tertiary/aromatic N) is 3. The first-order valence-electron chi connectivity index (χ1n) is 8.41. The molecule has 0 saturated carbocycles. The van der Waals surface area contributed by atoms with Gasteiger partial charge in [0.25, 0.3) is 0 Å². The summed E-state index contributed by atoms with van der Waals surface area (Å²) >= 11 is 1.16. The SMILES string of the molecule is CCn1c(SC(C)C(=O)Nc2cccc(C(F)(F)F)c2)nnc1-c1ccco1. The first-order valence-corrected chi connectivity index (χ1v) is 9.29. The van der Waals surface area contributed by atoms with Crippen molar-refractivity contribution in [2.24, 2.45) is 0 Å². The Balaban J connectivity index is 1.72. The minimum Gasteiger partial charge on any atom is -0.461 e. The van der Waals surface area contributed by atoms with E-state index >= 15 is 0 Å². The first kappa shape index (κ1) is 20.0. The normalized spacial score (nSPS) is 12.8. The maximum absolute atomic E-state index is 12.8. The Morgan fingerprint density at radius 1 is 1.29 bits per heavy atom. The molecule has 0 fully saturated rings. The van der Waals surface area contributed by atoms with E-state index in [0.717, 1.165) is 23.9 Å². The second kappa shape index (κ2) is 8.09. The highest BCUT2D eigenvalue weighted by atomic mass is 32.2. The third-order valence-corrected chi connectivity index (χ3v) is 4.96. The van der Waals surface area contributed by atoms with Gasteiger partial charge in [-0.15, -0.1) is 10.2 Å². The molecule has 10 heteroatoms. The summed E-state index contributed by atoms with van der Waals surface area (Å²) in [6.45, 7) is 4.12. The molecule has 0 radical (unpaired) electrons. The van der Waals surface area contributed by atoms with Gasteiger partial charge in [0.2, 0.25) is 5.91 Å². The highest BCUT2D eigenvalue weighted by Crippen LogP contribution is 2.31. The zero-order valence-electron chi connectivity index (χ0n) is 15.0. The Kier molecular flexibility index (Phi) is 5.78. The van der Waals surface area contributed by atoms with Crippen molar-refractivity contribution in [2.75, 3.05) is 5.32 Å². The van der Waals surface area contributed by atoms with E-state index in [-0.39, 0.29) is 5.69 Å². The van der Waals surface area contributed by atoms with Crippen molar-refractivity contribution in [1.29, 1.82) is 0 Å². The summed E-state index contributed by atoms with van der Waals surface area (Å²) in [6.07, 6.45) is -2.94. The van der Waals surface area contributed by atoms with Crippen LogP contribution < -0.4 is 5.32 Å². The fourth-order valence-electron chi connectivity index (χ4n) is 2.48. The summed E-state index contributed by atoms with van der Waals surface area (Å²) in [5.41, 5.74) is -0.736. The van der Waals surface area contributed by atoms with Crippen molar-refractivity contribution in [1.82, 2.24) is 14.8 Å². The Bertz CT molecular complexity index is 954. The Labute approximate surface area is 163 Å². The molecular formula is C18H17F3N4O2S. The summed E-state index contributed by atoms with van der Waals surface area (Å²) in [6, 6.07) is 8.01. The van der Waals surface area contributed by atoms with Gasteiger partial charge in [0, 0.05) is 12.2 Å². The number of anilines is 1. The number of rotatable bonds is 6. The highest BCUT2D eigenvalue weighted by Gasteiger charge is 2.30. The zero-order chi connectivity index (χ0) is 20.3. The smallest absolute Gasteiger partial charge is 0.416 e. The minimum absolute atomic E-state index is 0.0838. The molecule has 0 saturated heterocycles. The van der Waals surface area contributed by atoms with Crippen molar-refractivity contribution in [3.63, 3.8) is 0 Å². The molecule has 3 aromatic rings. The van der Waals surface area contributed by atoms with Crippen molar-refractivity contribution in [3.8, 4) is 11.6 Å². The fraction of sp³-hybridized carbons (Fsp3) is 0.278. The van der Waals surface area contributed by atoms with Crippen LogP contribution in [-0.4, -0.2) is 25.9 Å². The predicted octanol–water partition coefficient (Wildman–Crippen LogP) is 4.70. The summed E-state index contributed by atoms with van der Waals surface area (Å²) in [5.74, 6) is 0.664. The van der Waals surface area contributed by atoms with Gasteiger partial charge in [0.15, 0.2) is 16.7 Å². The molecule has 2 aromatic heterocycles. The lowest BCUT2D eigenvalue weighted by Crippen LogP contribution is -2.23. The van der Waals surface area contributed by atoms with Crippen LogP contribution in [0.15, 0.2) is 52.2 Å². The quantitative estimate of drug-likeness (QED) is 0.597. The molecule has 0 spiro atoms. The summed E-state index contributed by atoms with van der Waals surface area (Å²) in [4.78, 5) is 12.4. The standard InChI is InChI=1S/C18H17F3N4O2S/c1-3-25-15(14-8-5-9-27-14)23-24-17(25)28-11(2)16(26)22-13-7-4-6-12(10-13)18(19,20)21/h4-11H,3H2,1-2H3,(H,22,26). The second-order valence-corrected chi connectivity index (χ2v) is 7.16. The van der Waals surface area contributed by atoms with E-state index in [1.165, 1.54) is 18.4 Å². The van der Waals surface area contributed by atoms with Crippen molar-refractivity contribution in [3.05, 3.63) is 48.2 Å². The number of carbonyl (C=O) groups excluding carboxylic acids is 1. The molecule has 0 aliphatic rings. The Morgan fingerprint density at radius 3 is 2.71 bits per heavy atom. The molecule has 1 unspecified atom stereocenters. The molecule has 6 nitrogen and oxygen atoms in total. The van der Waals surface area contributed by atoms with E-state index in [1.54, 1.807) is 23.6 Å². The van der Waals surface area contributed by atoms with Gasteiger partial charge in [-0.05, 0) is 44.2 Å². The average Bonchev–Trinajstić information content (AvgIpc) is 3.30. The predicted molar refractivity (Wildman–Crippen MR) is 98.8 cm³/mol. The van der Waals surface area contributed by atoms with Crippen molar-refractivity contribution < 1.29 is 22.4 Å². The fourth-order valence-corrected chi connectivity index (χ4v) is 3.39. The second-order valence-electron chi connectivity index (χ2n) is 5.86. The van der Waals surface area contributed by atoms with Crippen LogP contribution in [0.4, 0.5) is 18.9 Å². The molecule has 1 amide bonds. The molecule has 1 atom stereocenters. The lowest BCUT2D eigenvalue weighted by molar-refractivity contribution is -0.137. The summed E-state index contributed by atoms with van der Waals surface area (Å²) < 4.78 is 45.6. The maximum atomic E-state index is 12.8. The van der Waals surface area contributed by atoms with Crippen LogP contribution >= 0.6 is 11.8 Å². The number of hydrogen-bond acceptors (Lipinski definition) is 5.